The average Bonchev–Trinajstić information content (AvgIpc) is 3.05. The molecule has 4 aromatic rings. The molecule has 0 bridgehead atoms. The molecule has 3 aromatic carbocycles. The topological polar surface area (TPSA) is 65.4 Å². The zero-order valence-corrected chi connectivity index (χ0v) is 18.2. The third-order valence-electron chi connectivity index (χ3n) is 5.75. The van der Waals surface area contributed by atoms with Gasteiger partial charge in [-0.15, -0.1) is 24.8 Å². The van der Waals surface area contributed by atoms with Crippen molar-refractivity contribution < 1.29 is 10.2 Å². The summed E-state index contributed by atoms with van der Waals surface area (Å²) >= 11 is 0. The smallest absolute Gasteiger partial charge is 0.0794 e. The van der Waals surface area contributed by atoms with Crippen molar-refractivity contribution in [2.75, 3.05) is 13.2 Å². The highest BCUT2D eigenvalue weighted by molar-refractivity contribution is 6.15. The average molecular weight is 443 g/mol. The van der Waals surface area contributed by atoms with Crippen molar-refractivity contribution in [1.82, 2.24) is 10.3 Å². The normalized spacial score (nSPS) is 11.8. The van der Waals surface area contributed by atoms with E-state index in [1.54, 1.807) is 6.92 Å². The summed E-state index contributed by atoms with van der Waals surface area (Å²) in [7, 11) is 0. The first-order chi connectivity index (χ1) is 13.6. The van der Waals surface area contributed by atoms with Crippen LogP contribution in [0.15, 0.2) is 60.7 Å². The molecule has 4 nitrogen and oxygen atoms in total. The Bertz CT molecular complexity index is 1220. The molecular formula is C24H24Cl2N2O2. The number of aromatic nitrogens is 1. The van der Waals surface area contributed by atoms with Crippen molar-refractivity contribution in [2.45, 2.75) is 19.0 Å². The summed E-state index contributed by atoms with van der Waals surface area (Å²) in [6.07, 6.45) is 0. The van der Waals surface area contributed by atoms with E-state index in [0.717, 1.165) is 22.2 Å². The Hall–Kier alpha value is -2.21. The first kappa shape index (κ1) is 22.5. The molecule has 0 atom stereocenters. The number of hydrogen-bond acceptors (Lipinski definition) is 4. The van der Waals surface area contributed by atoms with Gasteiger partial charge in [0.25, 0.3) is 0 Å². The lowest BCUT2D eigenvalue weighted by Crippen LogP contribution is -2.48. The molecular weight excluding hydrogens is 419 g/mol. The number of nitrogens with one attached hydrogen (secondary N) is 1. The maximum absolute atomic E-state index is 9.47. The first-order valence-electron chi connectivity index (χ1n) is 9.55. The van der Waals surface area contributed by atoms with Crippen LogP contribution >= 0.6 is 24.8 Å². The number of halogens is 2. The highest BCUT2D eigenvalue weighted by Gasteiger charge is 2.23. The molecule has 0 amide bonds. The predicted molar refractivity (Wildman–Crippen MR) is 128 cm³/mol. The molecule has 156 valence electrons. The number of rotatable bonds is 5. The van der Waals surface area contributed by atoms with Crippen LogP contribution in [0.2, 0.25) is 0 Å². The molecule has 0 spiro atoms. The molecule has 0 saturated carbocycles. The second-order valence-corrected chi connectivity index (χ2v) is 7.85. The monoisotopic (exact) mass is 442 g/mol. The molecule has 0 aliphatic heterocycles. The van der Waals surface area contributed by atoms with Gasteiger partial charge in [-0.05, 0) is 47.0 Å². The lowest BCUT2D eigenvalue weighted by molar-refractivity contribution is 0.103. The van der Waals surface area contributed by atoms with Gasteiger partial charge in [0.05, 0.1) is 30.0 Å². The number of benzene rings is 3. The van der Waals surface area contributed by atoms with E-state index < -0.39 is 5.54 Å². The molecule has 1 aliphatic carbocycles. The summed E-state index contributed by atoms with van der Waals surface area (Å²) in [5.74, 6) is 0. The summed E-state index contributed by atoms with van der Waals surface area (Å²) < 4.78 is 0. The second-order valence-electron chi connectivity index (χ2n) is 7.85. The fourth-order valence-corrected chi connectivity index (χ4v) is 3.99. The molecule has 1 aliphatic rings. The third kappa shape index (κ3) is 3.55. The second kappa shape index (κ2) is 8.50. The van der Waals surface area contributed by atoms with Gasteiger partial charge in [-0.2, -0.15) is 0 Å². The molecule has 5 rings (SSSR count). The minimum atomic E-state index is -0.692. The van der Waals surface area contributed by atoms with Gasteiger partial charge in [0, 0.05) is 23.1 Å². The zero-order valence-electron chi connectivity index (χ0n) is 16.6. The van der Waals surface area contributed by atoms with Crippen LogP contribution in [0.3, 0.4) is 0 Å². The van der Waals surface area contributed by atoms with Crippen molar-refractivity contribution in [1.29, 1.82) is 0 Å². The van der Waals surface area contributed by atoms with E-state index in [9.17, 15) is 10.2 Å². The molecule has 0 radical (unpaired) electrons. The minimum absolute atomic E-state index is 0. The zero-order chi connectivity index (χ0) is 19.3. The van der Waals surface area contributed by atoms with Crippen LogP contribution < -0.4 is 5.32 Å². The Kier molecular flexibility index (Phi) is 6.37. The fourth-order valence-electron chi connectivity index (χ4n) is 3.99. The highest BCUT2D eigenvalue weighted by atomic mass is 35.5. The summed E-state index contributed by atoms with van der Waals surface area (Å²) in [4.78, 5) is 4.98. The lowest BCUT2D eigenvalue weighted by Gasteiger charge is -2.26. The van der Waals surface area contributed by atoms with Crippen molar-refractivity contribution >= 4 is 46.5 Å². The van der Waals surface area contributed by atoms with Gasteiger partial charge in [0.1, 0.15) is 0 Å². The van der Waals surface area contributed by atoms with E-state index in [-0.39, 0.29) is 38.0 Å². The fraction of sp³-hybridized carbons (Fsp3) is 0.208. The van der Waals surface area contributed by atoms with Crippen LogP contribution in [0.5, 0.6) is 0 Å². The SMILES string of the molecule is CC(CO)(CO)NCc1ccc2nc3c(cc2c1)-c1cccc2cccc-3c12.Cl.Cl. The number of nitrogens with zero attached hydrogens (tertiary/aromatic N) is 1. The highest BCUT2D eigenvalue weighted by Crippen LogP contribution is 2.46. The number of pyridine rings is 1. The van der Waals surface area contributed by atoms with Crippen LogP contribution in [0.1, 0.15) is 12.5 Å². The number of fused-ring (bicyclic) bond motifs is 4. The number of hydrogen-bond donors (Lipinski definition) is 3. The van der Waals surface area contributed by atoms with Gasteiger partial charge in [0.15, 0.2) is 0 Å². The van der Waals surface area contributed by atoms with Crippen LogP contribution in [0, 0.1) is 0 Å². The van der Waals surface area contributed by atoms with Gasteiger partial charge in [0.2, 0.25) is 0 Å². The van der Waals surface area contributed by atoms with Crippen LogP contribution in [-0.4, -0.2) is 33.9 Å². The molecule has 0 unspecified atom stereocenters. The van der Waals surface area contributed by atoms with Gasteiger partial charge in [-0.25, -0.2) is 4.98 Å². The maximum atomic E-state index is 9.47. The van der Waals surface area contributed by atoms with E-state index in [2.05, 4.69) is 53.8 Å². The summed E-state index contributed by atoms with van der Waals surface area (Å²) in [5, 5.41) is 25.8. The minimum Gasteiger partial charge on any atom is -0.394 e. The molecule has 0 saturated heterocycles. The Morgan fingerprint density at radius 2 is 1.53 bits per heavy atom. The lowest BCUT2D eigenvalue weighted by atomic mass is 10.0. The van der Waals surface area contributed by atoms with Crippen LogP contribution in [0.25, 0.3) is 44.1 Å². The Balaban J connectivity index is 0.00000128. The van der Waals surface area contributed by atoms with E-state index in [1.165, 1.54) is 27.5 Å². The molecule has 0 fully saturated rings. The van der Waals surface area contributed by atoms with Crippen molar-refractivity contribution in [2.24, 2.45) is 0 Å². The molecule has 1 aromatic heterocycles. The Labute approximate surface area is 187 Å². The van der Waals surface area contributed by atoms with Crippen molar-refractivity contribution in [3.05, 3.63) is 66.2 Å². The molecule has 6 heteroatoms. The predicted octanol–water partition coefficient (Wildman–Crippen LogP) is 4.71. The summed E-state index contributed by atoms with van der Waals surface area (Å²) in [6.45, 7) is 2.14. The van der Waals surface area contributed by atoms with Crippen LogP contribution in [-0.2, 0) is 6.54 Å². The molecule has 3 N–H and O–H groups in total. The third-order valence-corrected chi connectivity index (χ3v) is 5.75. The van der Waals surface area contributed by atoms with Crippen LogP contribution in [0.4, 0.5) is 0 Å². The van der Waals surface area contributed by atoms with Gasteiger partial charge in [-0.1, -0.05) is 42.5 Å². The van der Waals surface area contributed by atoms with E-state index in [1.807, 2.05) is 12.1 Å². The first-order valence-corrected chi connectivity index (χ1v) is 9.55. The molecule has 30 heavy (non-hydrogen) atoms. The van der Waals surface area contributed by atoms with Gasteiger partial charge >= 0.3 is 0 Å². The maximum Gasteiger partial charge on any atom is 0.0794 e. The van der Waals surface area contributed by atoms with Gasteiger partial charge < -0.3 is 15.5 Å². The Morgan fingerprint density at radius 1 is 0.833 bits per heavy atom. The Morgan fingerprint density at radius 3 is 2.23 bits per heavy atom. The summed E-state index contributed by atoms with van der Waals surface area (Å²) in [5.41, 5.74) is 6.06. The van der Waals surface area contributed by atoms with Crippen molar-refractivity contribution in [3.63, 3.8) is 0 Å². The van der Waals surface area contributed by atoms with Gasteiger partial charge in [-0.3, -0.25) is 0 Å². The largest absolute Gasteiger partial charge is 0.394 e. The van der Waals surface area contributed by atoms with E-state index >= 15 is 0 Å². The van der Waals surface area contributed by atoms with Crippen molar-refractivity contribution in [3.8, 4) is 22.4 Å². The van der Waals surface area contributed by atoms with E-state index in [4.69, 9.17) is 4.98 Å². The summed E-state index contributed by atoms with van der Waals surface area (Å²) in [6, 6.07) is 21.3. The quantitative estimate of drug-likeness (QED) is 0.368. The number of aliphatic hydroxyl groups is 2. The van der Waals surface area contributed by atoms with E-state index in [0.29, 0.717) is 6.54 Å². The standard InChI is InChI=1S/C24H22N2O2.2ClH/c1-24(13-27,14-28)25-12-15-8-9-21-17(10-15)11-20-18-6-2-4-16-5-3-7-19(22(16)18)23(20)26-21;;/h2-11,25,27-28H,12-14H2,1H3;2*1H. The molecule has 1 heterocycles. The number of aliphatic hydroxyl groups excluding tert-OH is 2.